The first kappa shape index (κ1) is 14.3. The molecule has 4 atom stereocenters. The first-order valence-electron chi connectivity index (χ1n) is 8.90. The Bertz CT molecular complexity index is 658. The van der Waals surface area contributed by atoms with E-state index in [4.69, 9.17) is 10.6 Å². The maximum absolute atomic E-state index is 4.94. The summed E-state index contributed by atoms with van der Waals surface area (Å²) in [5.41, 5.74) is 5.10. The van der Waals surface area contributed by atoms with E-state index in [0.29, 0.717) is 24.2 Å². The molecule has 5 rings (SSSR count). The summed E-state index contributed by atoms with van der Waals surface area (Å²) in [7, 11) is 0. The Morgan fingerprint density at radius 2 is 0.833 bits per heavy atom. The van der Waals surface area contributed by atoms with Crippen LogP contribution in [-0.2, 0) is 25.7 Å². The van der Waals surface area contributed by atoms with Gasteiger partial charge in [-0.3, -0.25) is 0 Å². The van der Waals surface area contributed by atoms with Gasteiger partial charge in [0.25, 0.3) is 0 Å². The fraction of sp³-hybridized carbons (Fsp3) is 0.400. The molecule has 24 heavy (non-hydrogen) atoms. The van der Waals surface area contributed by atoms with Gasteiger partial charge in [0.15, 0.2) is 0 Å². The molecule has 0 aromatic carbocycles. The van der Waals surface area contributed by atoms with Crippen LogP contribution in [0.4, 0.5) is 0 Å². The van der Waals surface area contributed by atoms with Crippen LogP contribution in [0.1, 0.15) is 22.8 Å². The van der Waals surface area contributed by atoms with Crippen molar-refractivity contribution in [3.63, 3.8) is 0 Å². The minimum atomic E-state index is 0.296. The van der Waals surface area contributed by atoms with E-state index in [0.717, 1.165) is 25.7 Å². The number of nitrogens with one attached hydrogen (secondary N) is 2. The SMILES string of the molecule is C1=CC2Cc3ccc([nH]3)CC3C=CC(Cc4ccc([nH]4)CC1[N]2)[N]3. The number of hydrogen-bond donors (Lipinski definition) is 2. The summed E-state index contributed by atoms with van der Waals surface area (Å²) >= 11 is 0. The Morgan fingerprint density at radius 1 is 0.542 bits per heavy atom. The van der Waals surface area contributed by atoms with Crippen LogP contribution in [0.3, 0.4) is 0 Å². The Kier molecular flexibility index (Phi) is 3.46. The monoisotopic (exact) mass is 318 g/mol. The van der Waals surface area contributed by atoms with E-state index in [2.05, 4.69) is 58.5 Å². The zero-order chi connectivity index (χ0) is 15.9. The van der Waals surface area contributed by atoms with E-state index < -0.39 is 0 Å². The molecule has 5 heterocycles. The van der Waals surface area contributed by atoms with Gasteiger partial charge in [-0.25, -0.2) is 10.6 Å². The normalized spacial score (nSPS) is 31.7. The Morgan fingerprint density at radius 3 is 1.12 bits per heavy atom. The second kappa shape index (κ2) is 5.80. The largest absolute Gasteiger partial charge is 0.362 e. The molecule has 8 bridgehead atoms. The van der Waals surface area contributed by atoms with Crippen molar-refractivity contribution >= 4 is 0 Å². The molecule has 2 aromatic rings. The first-order chi connectivity index (χ1) is 11.8. The van der Waals surface area contributed by atoms with Crippen LogP contribution in [-0.4, -0.2) is 34.1 Å². The molecule has 0 saturated heterocycles. The van der Waals surface area contributed by atoms with Crippen molar-refractivity contribution in [1.82, 2.24) is 20.6 Å². The molecule has 0 amide bonds. The average molecular weight is 318 g/mol. The second-order valence-corrected chi connectivity index (χ2v) is 7.17. The van der Waals surface area contributed by atoms with Gasteiger partial charge < -0.3 is 9.97 Å². The van der Waals surface area contributed by atoms with Gasteiger partial charge in [-0.1, -0.05) is 24.3 Å². The standard InChI is InChI=1S/C20H22N4/c1-2-14-10-16-5-6-18(23-16)12-20-8-7-19(24-20)11-17-4-3-15(22-17)9-13(1)21-14/h1-8,13-14,19-20,22-23H,9-12H2. The van der Waals surface area contributed by atoms with Crippen LogP contribution in [0.2, 0.25) is 0 Å². The highest BCUT2D eigenvalue weighted by Crippen LogP contribution is 2.19. The lowest BCUT2D eigenvalue weighted by Gasteiger charge is -2.13. The van der Waals surface area contributed by atoms with Crippen LogP contribution in [0.25, 0.3) is 0 Å². The first-order valence-corrected chi connectivity index (χ1v) is 8.90. The van der Waals surface area contributed by atoms with Crippen molar-refractivity contribution in [2.24, 2.45) is 0 Å². The summed E-state index contributed by atoms with van der Waals surface area (Å²) in [5.74, 6) is 0. The Labute approximate surface area is 142 Å². The highest BCUT2D eigenvalue weighted by atomic mass is 15.0. The fourth-order valence-electron chi connectivity index (χ4n) is 4.05. The molecule has 0 fully saturated rings. The molecule has 0 aliphatic carbocycles. The van der Waals surface area contributed by atoms with Gasteiger partial charge in [0.05, 0.1) is 0 Å². The molecule has 4 unspecified atom stereocenters. The highest BCUT2D eigenvalue weighted by molar-refractivity contribution is 5.24. The maximum Gasteiger partial charge on any atom is 0.0488 e. The summed E-state index contributed by atoms with van der Waals surface area (Å²) < 4.78 is 0. The van der Waals surface area contributed by atoms with Gasteiger partial charge >= 0.3 is 0 Å². The average Bonchev–Trinajstić information content (AvgIpc) is 3.32. The van der Waals surface area contributed by atoms with Gasteiger partial charge in [0.1, 0.15) is 0 Å². The number of nitrogens with zero attached hydrogens (tertiary/aromatic N) is 2. The zero-order valence-corrected chi connectivity index (χ0v) is 13.7. The van der Waals surface area contributed by atoms with Crippen molar-refractivity contribution in [3.8, 4) is 0 Å². The van der Waals surface area contributed by atoms with Gasteiger partial charge in [-0.05, 0) is 24.3 Å². The second-order valence-electron chi connectivity index (χ2n) is 7.17. The van der Waals surface area contributed by atoms with Crippen LogP contribution < -0.4 is 10.6 Å². The predicted molar refractivity (Wildman–Crippen MR) is 94.1 cm³/mol. The van der Waals surface area contributed by atoms with Crippen LogP contribution in [0.5, 0.6) is 0 Å². The Balaban J connectivity index is 1.41. The molecule has 2 radical (unpaired) electrons. The summed E-state index contributed by atoms with van der Waals surface area (Å²) in [6.45, 7) is 0. The lowest BCUT2D eigenvalue weighted by atomic mass is 10.1. The summed E-state index contributed by atoms with van der Waals surface area (Å²) in [5, 5.41) is 9.89. The lowest BCUT2D eigenvalue weighted by Crippen LogP contribution is -2.27. The van der Waals surface area contributed by atoms with E-state index in [1.165, 1.54) is 22.8 Å². The topological polar surface area (TPSA) is 59.8 Å². The zero-order valence-electron chi connectivity index (χ0n) is 13.7. The number of aromatic amines is 2. The smallest absolute Gasteiger partial charge is 0.0488 e. The number of hydrogen-bond acceptors (Lipinski definition) is 0. The quantitative estimate of drug-likeness (QED) is 0.699. The van der Waals surface area contributed by atoms with Crippen LogP contribution >= 0.6 is 0 Å². The van der Waals surface area contributed by atoms with Crippen molar-refractivity contribution in [2.45, 2.75) is 49.9 Å². The maximum atomic E-state index is 4.94. The Hall–Kier alpha value is -2.04. The summed E-state index contributed by atoms with van der Waals surface area (Å²) in [6, 6.07) is 10.0. The highest BCUT2D eigenvalue weighted by Gasteiger charge is 2.24. The van der Waals surface area contributed by atoms with E-state index in [-0.39, 0.29) is 0 Å². The third-order valence-electron chi connectivity index (χ3n) is 5.21. The van der Waals surface area contributed by atoms with E-state index in [1.807, 2.05) is 0 Å². The molecule has 2 N–H and O–H groups in total. The van der Waals surface area contributed by atoms with Gasteiger partial charge in [-0.15, -0.1) is 0 Å². The fourth-order valence-corrected chi connectivity index (χ4v) is 4.05. The number of H-pyrrole nitrogens is 2. The third kappa shape index (κ3) is 2.87. The van der Waals surface area contributed by atoms with E-state index in [9.17, 15) is 0 Å². The molecular formula is C20H22N4. The van der Waals surface area contributed by atoms with E-state index >= 15 is 0 Å². The van der Waals surface area contributed by atoms with Crippen molar-refractivity contribution in [2.75, 3.05) is 0 Å². The minimum Gasteiger partial charge on any atom is -0.362 e. The van der Waals surface area contributed by atoms with E-state index in [1.54, 1.807) is 0 Å². The molecule has 3 aliphatic rings. The van der Waals surface area contributed by atoms with Crippen molar-refractivity contribution < 1.29 is 0 Å². The van der Waals surface area contributed by atoms with Gasteiger partial charge in [0, 0.05) is 72.6 Å². The third-order valence-corrected chi connectivity index (χ3v) is 5.21. The van der Waals surface area contributed by atoms with Crippen molar-refractivity contribution in [1.29, 1.82) is 0 Å². The number of aromatic nitrogens is 2. The van der Waals surface area contributed by atoms with Gasteiger partial charge in [-0.2, -0.15) is 0 Å². The van der Waals surface area contributed by atoms with Crippen molar-refractivity contribution in [3.05, 3.63) is 71.3 Å². The molecule has 0 spiro atoms. The summed E-state index contributed by atoms with van der Waals surface area (Å²) in [4.78, 5) is 7.14. The number of fused-ring (bicyclic) bond motifs is 8. The summed E-state index contributed by atoms with van der Waals surface area (Å²) in [6.07, 6.45) is 12.9. The predicted octanol–water partition coefficient (Wildman–Crippen LogP) is 2.05. The number of rotatable bonds is 0. The lowest BCUT2D eigenvalue weighted by molar-refractivity contribution is 0.530. The molecule has 2 aromatic heterocycles. The molecular weight excluding hydrogens is 296 g/mol. The molecule has 122 valence electrons. The molecule has 3 aliphatic heterocycles. The van der Waals surface area contributed by atoms with Gasteiger partial charge in [0.2, 0.25) is 0 Å². The molecule has 4 heteroatoms. The molecule has 0 saturated carbocycles. The van der Waals surface area contributed by atoms with Crippen LogP contribution in [0, 0.1) is 0 Å². The minimum absolute atomic E-state index is 0.296. The molecule has 4 nitrogen and oxygen atoms in total. The van der Waals surface area contributed by atoms with Crippen LogP contribution in [0.15, 0.2) is 48.6 Å².